The first-order valence-electron chi connectivity index (χ1n) is 12.3. The van der Waals surface area contributed by atoms with Gasteiger partial charge in [0, 0.05) is 11.6 Å². The third-order valence-electron chi connectivity index (χ3n) is 5.71. The average Bonchev–Trinajstić information content (AvgIpc) is 3.15. The molecule has 3 heterocycles. The second kappa shape index (κ2) is 10.9. The average molecular weight is 611 g/mol. The molecule has 4 aromatic rings. The molecule has 4 rings (SSSR count). The Bertz CT molecular complexity index is 1800. The summed E-state index contributed by atoms with van der Waals surface area (Å²) in [6, 6.07) is 7.62. The molecule has 0 saturated carbocycles. The van der Waals surface area contributed by atoms with E-state index in [4.69, 9.17) is 16.3 Å². The van der Waals surface area contributed by atoms with Gasteiger partial charge in [-0.15, -0.1) is 0 Å². The highest BCUT2D eigenvalue weighted by atomic mass is 35.5. The number of carbonyl (C=O) groups excluding carboxylic acids is 1. The number of hydrogen-bond acceptors (Lipinski definition) is 8. The van der Waals surface area contributed by atoms with Crippen LogP contribution < -0.4 is 0 Å². The van der Waals surface area contributed by atoms with Gasteiger partial charge in [-0.05, 0) is 57.0 Å². The number of halogens is 4. The highest BCUT2D eigenvalue weighted by Crippen LogP contribution is 2.40. The molecule has 1 aromatic carbocycles. The van der Waals surface area contributed by atoms with Crippen molar-refractivity contribution in [2.75, 3.05) is 12.4 Å². The molecule has 0 spiro atoms. The van der Waals surface area contributed by atoms with Gasteiger partial charge in [0.2, 0.25) is 6.61 Å². The van der Waals surface area contributed by atoms with E-state index in [1.54, 1.807) is 46.0 Å². The van der Waals surface area contributed by atoms with Crippen LogP contribution in [0.3, 0.4) is 0 Å². The molecule has 0 bridgehead atoms. The van der Waals surface area contributed by atoms with Crippen LogP contribution in [0.4, 0.5) is 18.0 Å². The molecular weight excluding hydrogens is 585 g/mol. The summed E-state index contributed by atoms with van der Waals surface area (Å²) in [5.41, 5.74) is 0.797. The Morgan fingerprint density at radius 3 is 2.51 bits per heavy atom. The lowest BCUT2D eigenvalue weighted by Gasteiger charge is -2.21. The molecule has 0 unspecified atom stereocenters. The van der Waals surface area contributed by atoms with E-state index in [1.807, 2.05) is 0 Å². The van der Waals surface area contributed by atoms with Gasteiger partial charge in [0.25, 0.3) is 0 Å². The van der Waals surface area contributed by atoms with Crippen LogP contribution in [0, 0.1) is 6.92 Å². The van der Waals surface area contributed by atoms with Gasteiger partial charge in [-0.1, -0.05) is 35.8 Å². The second-order valence-electron chi connectivity index (χ2n) is 10.2. The summed E-state index contributed by atoms with van der Waals surface area (Å²) in [5.74, 6) is -0.268. The maximum absolute atomic E-state index is 13.5. The minimum absolute atomic E-state index is 0.0106. The van der Waals surface area contributed by atoms with Crippen LogP contribution in [0.25, 0.3) is 33.3 Å². The van der Waals surface area contributed by atoms with Crippen molar-refractivity contribution < 1.29 is 36.0 Å². The molecule has 0 aliphatic rings. The predicted octanol–water partition coefficient (Wildman–Crippen LogP) is 6.70. The quantitative estimate of drug-likeness (QED) is 0.176. The fraction of sp³-hybridized carbons (Fsp3) is 0.333. The molecule has 0 N–H and O–H groups in total. The Kier molecular flexibility index (Phi) is 8.07. The van der Waals surface area contributed by atoms with Crippen LogP contribution >= 0.6 is 11.6 Å². The van der Waals surface area contributed by atoms with Crippen molar-refractivity contribution in [1.29, 1.82) is 0 Å². The first kappa shape index (κ1) is 30.3. The van der Waals surface area contributed by atoms with Crippen molar-refractivity contribution in [2.24, 2.45) is 5.16 Å². The topological polar surface area (TPSA) is 113 Å². The van der Waals surface area contributed by atoms with E-state index in [0.717, 1.165) is 10.8 Å². The number of rotatable bonds is 6. The van der Waals surface area contributed by atoms with E-state index in [2.05, 4.69) is 20.0 Å². The smallest absolute Gasteiger partial charge is 0.425 e. The van der Waals surface area contributed by atoms with Crippen LogP contribution in [0.15, 0.2) is 46.6 Å². The Labute approximate surface area is 238 Å². The number of aryl methyl sites for hydroxylation is 1. The van der Waals surface area contributed by atoms with E-state index in [-0.39, 0.29) is 38.1 Å². The predicted molar refractivity (Wildman–Crippen MR) is 149 cm³/mol. The van der Waals surface area contributed by atoms with Crippen molar-refractivity contribution in [3.8, 4) is 11.4 Å². The molecular formula is C27H26ClF3N4O5S. The molecule has 0 radical (unpaired) electrons. The van der Waals surface area contributed by atoms with Gasteiger partial charge < -0.3 is 9.57 Å². The Hall–Kier alpha value is -3.71. The lowest BCUT2D eigenvalue weighted by atomic mass is 10.1. The Morgan fingerprint density at radius 2 is 1.88 bits per heavy atom. The summed E-state index contributed by atoms with van der Waals surface area (Å²) in [7, 11) is -3.91. The maximum Gasteiger partial charge on any atom is 0.425 e. The highest BCUT2D eigenvalue weighted by Gasteiger charge is 2.32. The number of carbonyl (C=O) groups is 1. The van der Waals surface area contributed by atoms with Crippen molar-refractivity contribution in [3.05, 3.63) is 52.7 Å². The van der Waals surface area contributed by atoms with Gasteiger partial charge in [0.1, 0.15) is 22.5 Å². The van der Waals surface area contributed by atoms with Crippen molar-refractivity contribution in [1.82, 2.24) is 14.5 Å². The molecule has 0 aliphatic heterocycles. The summed E-state index contributed by atoms with van der Waals surface area (Å²) < 4.78 is 70.5. The first-order valence-corrected chi connectivity index (χ1v) is 14.3. The normalized spacial score (nSPS) is 12.9. The number of oxime groups is 1. The number of aromatic nitrogens is 3. The van der Waals surface area contributed by atoms with Crippen molar-refractivity contribution in [3.63, 3.8) is 0 Å². The zero-order valence-corrected chi connectivity index (χ0v) is 24.3. The lowest BCUT2D eigenvalue weighted by Crippen LogP contribution is -2.27. The molecule has 9 nitrogen and oxygen atoms in total. The van der Waals surface area contributed by atoms with Crippen LogP contribution in [0.5, 0.6) is 0 Å². The Morgan fingerprint density at radius 1 is 1.17 bits per heavy atom. The standard InChI is InChI=1S/C27H26ClF3N4O5S/c1-6-41(37,38)20-11-17-8-7-16(13-33-39-14-27(29,30)31)10-18(17)34-23(20)24-21(28)22-19(9-15(2)12-32-22)35(24)25(36)40-26(3,4)5/h7-13H,6,14H2,1-5H3/b33-13+. The monoisotopic (exact) mass is 610 g/mol. The van der Waals surface area contributed by atoms with E-state index >= 15 is 0 Å². The van der Waals surface area contributed by atoms with E-state index in [0.29, 0.717) is 22.0 Å². The number of ether oxygens (including phenoxy) is 1. The SMILES string of the molecule is CCS(=O)(=O)c1cc2ccc(/C=N/OCC(F)(F)F)cc2nc1-c1c(Cl)c2ncc(C)cc2n1C(=O)OC(C)(C)C. The zero-order chi connectivity index (χ0) is 30.3. The highest BCUT2D eigenvalue weighted by molar-refractivity contribution is 7.91. The van der Waals surface area contributed by atoms with Gasteiger partial charge in [-0.2, -0.15) is 13.2 Å². The molecule has 218 valence electrons. The van der Waals surface area contributed by atoms with Gasteiger partial charge in [-0.25, -0.2) is 22.8 Å². The number of pyridine rings is 2. The maximum atomic E-state index is 13.5. The third kappa shape index (κ3) is 6.62. The summed E-state index contributed by atoms with van der Waals surface area (Å²) in [6.45, 7) is 6.74. The summed E-state index contributed by atoms with van der Waals surface area (Å²) in [6.07, 6.45) is -2.74. The zero-order valence-electron chi connectivity index (χ0n) is 22.7. The molecule has 0 fully saturated rings. The van der Waals surface area contributed by atoms with Crippen LogP contribution in [0.1, 0.15) is 38.8 Å². The van der Waals surface area contributed by atoms with Crippen molar-refractivity contribution in [2.45, 2.75) is 51.3 Å². The molecule has 0 amide bonds. The van der Waals surface area contributed by atoms with Gasteiger partial charge in [0.15, 0.2) is 9.84 Å². The third-order valence-corrected chi connectivity index (χ3v) is 7.81. The van der Waals surface area contributed by atoms with Gasteiger partial charge in [0.05, 0.1) is 32.9 Å². The first-order chi connectivity index (χ1) is 19.0. The fourth-order valence-electron chi connectivity index (χ4n) is 3.95. The number of hydrogen-bond donors (Lipinski definition) is 0. The number of alkyl halides is 3. The van der Waals surface area contributed by atoms with Crippen LogP contribution in [-0.4, -0.2) is 59.4 Å². The molecule has 0 aliphatic carbocycles. The number of nitrogens with zero attached hydrogens (tertiary/aromatic N) is 4. The number of sulfone groups is 1. The van der Waals surface area contributed by atoms with Crippen molar-refractivity contribution >= 4 is 55.7 Å². The summed E-state index contributed by atoms with van der Waals surface area (Å²) in [5, 5.41) is 3.75. The summed E-state index contributed by atoms with van der Waals surface area (Å²) in [4.78, 5) is 26.6. The molecule has 0 atom stereocenters. The molecule has 3 aromatic heterocycles. The van der Waals surface area contributed by atoms with E-state index in [1.165, 1.54) is 25.1 Å². The number of fused-ring (bicyclic) bond motifs is 2. The molecule has 14 heteroatoms. The van der Waals surface area contributed by atoms with Gasteiger partial charge >= 0.3 is 12.3 Å². The largest absolute Gasteiger partial charge is 0.443 e. The van der Waals surface area contributed by atoms with E-state index < -0.39 is 34.3 Å². The fourth-order valence-corrected chi connectivity index (χ4v) is 5.32. The van der Waals surface area contributed by atoms with E-state index in [9.17, 15) is 26.4 Å². The lowest BCUT2D eigenvalue weighted by molar-refractivity contribution is -0.173. The Balaban J connectivity index is 2.00. The van der Waals surface area contributed by atoms with Crippen LogP contribution in [-0.2, 0) is 19.4 Å². The number of benzene rings is 1. The molecule has 41 heavy (non-hydrogen) atoms. The molecule has 0 saturated heterocycles. The van der Waals surface area contributed by atoms with Gasteiger partial charge in [-0.3, -0.25) is 4.98 Å². The second-order valence-corrected chi connectivity index (χ2v) is 12.8. The minimum Gasteiger partial charge on any atom is -0.443 e. The minimum atomic E-state index is -4.54. The summed E-state index contributed by atoms with van der Waals surface area (Å²) >= 11 is 6.78. The van der Waals surface area contributed by atoms with Crippen LogP contribution in [0.2, 0.25) is 5.02 Å².